The van der Waals surface area contributed by atoms with Crippen molar-refractivity contribution in [1.29, 1.82) is 0 Å². The third-order valence-electron chi connectivity index (χ3n) is 4.10. The molecule has 6 heteroatoms. The number of nitrogens with one attached hydrogen (secondary N) is 1. The van der Waals surface area contributed by atoms with Crippen molar-refractivity contribution in [2.45, 2.75) is 20.8 Å². The second-order valence-corrected chi connectivity index (χ2v) is 6.06. The normalized spacial score (nSPS) is 10.6. The zero-order chi connectivity index (χ0) is 18.8. The number of aryl methyl sites for hydroxylation is 2. The van der Waals surface area contributed by atoms with Crippen LogP contribution in [0.1, 0.15) is 27.3 Å². The Balaban J connectivity index is 1.92. The number of amides is 1. The minimum absolute atomic E-state index is 0.0193. The monoisotopic (exact) mass is 351 g/mol. The maximum atomic E-state index is 13.8. The van der Waals surface area contributed by atoms with Gasteiger partial charge in [0.05, 0.1) is 28.3 Å². The number of para-hydroxylation sites is 1. The van der Waals surface area contributed by atoms with E-state index >= 15 is 0 Å². The maximum absolute atomic E-state index is 13.8. The van der Waals surface area contributed by atoms with Crippen LogP contribution in [0.15, 0.2) is 48.5 Å². The Morgan fingerprint density at radius 3 is 2.42 bits per heavy atom. The van der Waals surface area contributed by atoms with Crippen LogP contribution in [-0.4, -0.2) is 21.5 Å². The van der Waals surface area contributed by atoms with Crippen LogP contribution in [0.5, 0.6) is 0 Å². The largest absolute Gasteiger partial charge is 0.317 e. The van der Waals surface area contributed by atoms with Crippen molar-refractivity contribution >= 4 is 17.4 Å². The van der Waals surface area contributed by atoms with E-state index in [4.69, 9.17) is 0 Å². The summed E-state index contributed by atoms with van der Waals surface area (Å²) in [5.74, 6) is -2.23. The highest BCUT2D eigenvalue weighted by Crippen LogP contribution is 2.20. The number of anilines is 1. The minimum atomic E-state index is -0.895. The summed E-state index contributed by atoms with van der Waals surface area (Å²) < 4.78 is 15.5. The number of aromatic nitrogens is 2. The molecule has 0 atom stereocenters. The molecule has 0 radical (unpaired) electrons. The highest BCUT2D eigenvalue weighted by molar-refractivity contribution is 6.47. The van der Waals surface area contributed by atoms with E-state index in [9.17, 15) is 14.0 Å². The smallest absolute Gasteiger partial charge is 0.296 e. The van der Waals surface area contributed by atoms with Gasteiger partial charge < -0.3 is 5.32 Å². The highest BCUT2D eigenvalue weighted by Gasteiger charge is 2.25. The van der Waals surface area contributed by atoms with Gasteiger partial charge in [0.2, 0.25) is 0 Å². The molecule has 1 aromatic heterocycles. The van der Waals surface area contributed by atoms with Crippen molar-refractivity contribution in [3.05, 3.63) is 76.9 Å². The van der Waals surface area contributed by atoms with Crippen LogP contribution >= 0.6 is 0 Å². The van der Waals surface area contributed by atoms with Gasteiger partial charge in [-0.2, -0.15) is 5.10 Å². The van der Waals surface area contributed by atoms with E-state index in [-0.39, 0.29) is 11.3 Å². The highest BCUT2D eigenvalue weighted by atomic mass is 19.1. The van der Waals surface area contributed by atoms with Gasteiger partial charge in [0.25, 0.3) is 11.7 Å². The van der Waals surface area contributed by atoms with Gasteiger partial charge in [-0.3, -0.25) is 9.59 Å². The third kappa shape index (κ3) is 3.26. The van der Waals surface area contributed by atoms with Crippen LogP contribution in [0.2, 0.25) is 0 Å². The fourth-order valence-corrected chi connectivity index (χ4v) is 2.82. The molecule has 5 nitrogen and oxygen atoms in total. The Hall–Kier alpha value is -3.28. The van der Waals surface area contributed by atoms with Crippen molar-refractivity contribution in [3.8, 4) is 5.69 Å². The summed E-state index contributed by atoms with van der Waals surface area (Å²) in [6.45, 7) is 5.16. The van der Waals surface area contributed by atoms with Gasteiger partial charge in [0.15, 0.2) is 0 Å². The van der Waals surface area contributed by atoms with Gasteiger partial charge in [0, 0.05) is 0 Å². The first-order valence-corrected chi connectivity index (χ1v) is 8.12. The third-order valence-corrected chi connectivity index (χ3v) is 4.10. The lowest BCUT2D eigenvalue weighted by atomic mass is 10.1. The standard InChI is InChI=1S/C20H18FN3O2/c1-12-9-10-16(21)17(11-12)22-20(26)19(25)18-13(2)23-24(14(18)3)15-7-5-4-6-8-15/h4-11H,1-3H3,(H,22,26). The molecule has 0 aliphatic carbocycles. The summed E-state index contributed by atoms with van der Waals surface area (Å²) in [5, 5.41) is 6.72. The van der Waals surface area contributed by atoms with Crippen molar-refractivity contribution in [2.24, 2.45) is 0 Å². The first kappa shape index (κ1) is 17.5. The van der Waals surface area contributed by atoms with Crippen LogP contribution < -0.4 is 5.32 Å². The van der Waals surface area contributed by atoms with Crippen molar-refractivity contribution in [1.82, 2.24) is 9.78 Å². The minimum Gasteiger partial charge on any atom is -0.317 e. The molecule has 1 heterocycles. The number of halogens is 1. The van der Waals surface area contributed by atoms with Gasteiger partial charge in [-0.05, 0) is 50.6 Å². The van der Waals surface area contributed by atoms with E-state index in [2.05, 4.69) is 10.4 Å². The van der Waals surface area contributed by atoms with Gasteiger partial charge in [-0.15, -0.1) is 0 Å². The van der Waals surface area contributed by atoms with Crippen molar-refractivity contribution < 1.29 is 14.0 Å². The number of carbonyl (C=O) groups is 2. The molecule has 0 fully saturated rings. The van der Waals surface area contributed by atoms with Crippen molar-refractivity contribution in [2.75, 3.05) is 5.32 Å². The summed E-state index contributed by atoms with van der Waals surface area (Å²) >= 11 is 0. The van der Waals surface area contributed by atoms with Crippen LogP contribution in [0, 0.1) is 26.6 Å². The molecule has 0 bridgehead atoms. The van der Waals surface area contributed by atoms with Gasteiger partial charge in [-0.25, -0.2) is 9.07 Å². The Labute approximate surface area is 150 Å². The van der Waals surface area contributed by atoms with Crippen LogP contribution in [0.4, 0.5) is 10.1 Å². The Bertz CT molecular complexity index is 994. The molecule has 132 valence electrons. The van der Waals surface area contributed by atoms with E-state index in [1.165, 1.54) is 12.1 Å². The molecule has 0 spiro atoms. The molecular formula is C20H18FN3O2. The fourth-order valence-electron chi connectivity index (χ4n) is 2.82. The van der Waals surface area contributed by atoms with E-state index < -0.39 is 17.5 Å². The quantitative estimate of drug-likeness (QED) is 0.575. The average Bonchev–Trinajstić information content (AvgIpc) is 2.92. The molecule has 2 aromatic carbocycles. The summed E-state index contributed by atoms with van der Waals surface area (Å²) in [5.41, 5.74) is 2.76. The van der Waals surface area contributed by atoms with E-state index in [1.54, 1.807) is 31.5 Å². The average molecular weight is 351 g/mol. The molecule has 0 unspecified atom stereocenters. The number of nitrogens with zero attached hydrogens (tertiary/aromatic N) is 2. The van der Waals surface area contributed by atoms with E-state index in [0.717, 1.165) is 11.3 Å². The molecule has 26 heavy (non-hydrogen) atoms. The Kier molecular flexibility index (Phi) is 4.67. The SMILES string of the molecule is Cc1ccc(F)c(NC(=O)C(=O)c2c(C)nn(-c3ccccc3)c2C)c1. The molecule has 1 amide bonds. The first-order valence-electron chi connectivity index (χ1n) is 8.12. The molecular weight excluding hydrogens is 333 g/mol. The van der Waals surface area contributed by atoms with Crippen LogP contribution in [0.25, 0.3) is 5.69 Å². The second kappa shape index (κ2) is 6.92. The Morgan fingerprint density at radius 1 is 1.04 bits per heavy atom. The summed E-state index contributed by atoms with van der Waals surface area (Å²) in [6.07, 6.45) is 0. The Morgan fingerprint density at radius 2 is 1.73 bits per heavy atom. The molecule has 0 saturated carbocycles. The number of Topliss-reactive ketones (excluding diaryl/α,β-unsaturated/α-hetero) is 1. The lowest BCUT2D eigenvalue weighted by Gasteiger charge is -2.07. The van der Waals surface area contributed by atoms with Crippen molar-refractivity contribution in [3.63, 3.8) is 0 Å². The number of benzene rings is 2. The predicted octanol–water partition coefficient (Wildman–Crippen LogP) is 3.76. The van der Waals surface area contributed by atoms with Crippen LogP contribution in [0.3, 0.4) is 0 Å². The molecule has 3 rings (SSSR count). The van der Waals surface area contributed by atoms with E-state index in [0.29, 0.717) is 11.4 Å². The second-order valence-electron chi connectivity index (χ2n) is 6.06. The number of hydrogen-bond acceptors (Lipinski definition) is 3. The molecule has 0 aliphatic heterocycles. The first-order chi connectivity index (χ1) is 12.4. The van der Waals surface area contributed by atoms with Gasteiger partial charge >= 0.3 is 0 Å². The lowest BCUT2D eigenvalue weighted by Crippen LogP contribution is -2.24. The van der Waals surface area contributed by atoms with Gasteiger partial charge in [0.1, 0.15) is 5.82 Å². The maximum Gasteiger partial charge on any atom is 0.296 e. The molecule has 0 saturated heterocycles. The molecule has 3 aromatic rings. The number of carbonyl (C=O) groups excluding carboxylic acids is 2. The van der Waals surface area contributed by atoms with Crippen LogP contribution in [-0.2, 0) is 4.79 Å². The number of hydrogen-bond donors (Lipinski definition) is 1. The molecule has 0 aliphatic rings. The summed E-state index contributed by atoms with van der Waals surface area (Å²) in [7, 11) is 0. The molecule has 1 N–H and O–H groups in total. The number of ketones is 1. The topological polar surface area (TPSA) is 64.0 Å². The lowest BCUT2D eigenvalue weighted by molar-refractivity contribution is -0.112. The fraction of sp³-hybridized carbons (Fsp3) is 0.150. The van der Waals surface area contributed by atoms with Gasteiger partial charge in [-0.1, -0.05) is 24.3 Å². The summed E-state index contributed by atoms with van der Waals surface area (Å²) in [4.78, 5) is 25.0. The van der Waals surface area contributed by atoms with E-state index in [1.807, 2.05) is 30.3 Å². The summed E-state index contributed by atoms with van der Waals surface area (Å²) in [6, 6.07) is 13.6. The zero-order valence-corrected chi connectivity index (χ0v) is 14.7. The number of rotatable bonds is 4. The zero-order valence-electron chi connectivity index (χ0n) is 14.7. The predicted molar refractivity (Wildman–Crippen MR) is 97.1 cm³/mol.